The van der Waals surface area contributed by atoms with Gasteiger partial charge in [-0.15, -0.1) is 0 Å². The molecule has 1 fully saturated rings. The Bertz CT molecular complexity index is 694. The number of nitrogens with zero attached hydrogens (tertiary/aromatic N) is 2. The lowest BCUT2D eigenvalue weighted by Gasteiger charge is -2.41. The predicted molar refractivity (Wildman–Crippen MR) is 97.7 cm³/mol. The third-order valence-corrected chi connectivity index (χ3v) is 5.76. The SMILES string of the molecule is C[C@@]1(CC#N)CCN(Cc2ccc(C3=CCCCC3)c(O)c2)CC1F. The third kappa shape index (κ3) is 4.04. The summed E-state index contributed by atoms with van der Waals surface area (Å²) in [6, 6.07) is 7.98. The molecule has 3 rings (SSSR count). The Hall–Kier alpha value is -1.86. The molecule has 4 heteroatoms. The maximum Gasteiger partial charge on any atom is 0.123 e. The number of hydrogen-bond donors (Lipinski definition) is 1. The van der Waals surface area contributed by atoms with Gasteiger partial charge in [0, 0.05) is 30.5 Å². The van der Waals surface area contributed by atoms with E-state index in [1.807, 2.05) is 25.1 Å². The minimum absolute atomic E-state index is 0.270. The molecule has 0 aromatic heterocycles. The summed E-state index contributed by atoms with van der Waals surface area (Å²) < 4.78 is 14.5. The van der Waals surface area contributed by atoms with Gasteiger partial charge in [-0.05, 0) is 55.9 Å². The van der Waals surface area contributed by atoms with Crippen molar-refractivity contribution in [2.45, 2.75) is 58.2 Å². The van der Waals surface area contributed by atoms with Crippen molar-refractivity contribution in [3.63, 3.8) is 0 Å². The van der Waals surface area contributed by atoms with Crippen LogP contribution in [0, 0.1) is 16.7 Å². The minimum Gasteiger partial charge on any atom is -0.507 e. The number of halogens is 1. The summed E-state index contributed by atoms with van der Waals surface area (Å²) in [6.45, 7) is 3.64. The van der Waals surface area contributed by atoms with E-state index in [2.05, 4.69) is 17.0 Å². The number of phenolic OH excluding ortho intramolecular Hbond substituents is 1. The average molecular weight is 342 g/mol. The number of rotatable bonds is 4. The number of alkyl halides is 1. The van der Waals surface area contributed by atoms with Crippen molar-refractivity contribution < 1.29 is 9.50 Å². The highest BCUT2D eigenvalue weighted by Crippen LogP contribution is 2.37. The summed E-state index contributed by atoms with van der Waals surface area (Å²) in [5, 5.41) is 19.3. The Morgan fingerprint density at radius 1 is 1.40 bits per heavy atom. The number of phenols is 1. The van der Waals surface area contributed by atoms with E-state index >= 15 is 0 Å². The number of nitriles is 1. The molecule has 0 bridgehead atoms. The van der Waals surface area contributed by atoms with Gasteiger partial charge in [0.05, 0.1) is 6.07 Å². The zero-order valence-corrected chi connectivity index (χ0v) is 15.0. The normalized spacial score (nSPS) is 27.6. The average Bonchev–Trinajstić information content (AvgIpc) is 2.60. The summed E-state index contributed by atoms with van der Waals surface area (Å²) in [5.74, 6) is 0.328. The highest BCUT2D eigenvalue weighted by molar-refractivity contribution is 5.71. The minimum atomic E-state index is -0.985. The molecule has 0 amide bonds. The summed E-state index contributed by atoms with van der Waals surface area (Å²) in [6.07, 6.45) is 6.73. The van der Waals surface area contributed by atoms with Gasteiger partial charge < -0.3 is 5.11 Å². The van der Waals surface area contributed by atoms with E-state index in [1.165, 1.54) is 18.4 Å². The zero-order chi connectivity index (χ0) is 17.9. The number of likely N-dealkylation sites (tertiary alicyclic amines) is 1. The second kappa shape index (κ2) is 7.58. The molecule has 1 aromatic carbocycles. The molecule has 1 saturated heterocycles. The molecule has 3 nitrogen and oxygen atoms in total. The Kier molecular flexibility index (Phi) is 5.44. The van der Waals surface area contributed by atoms with E-state index in [0.29, 0.717) is 25.3 Å². The van der Waals surface area contributed by atoms with Crippen molar-refractivity contribution in [3.8, 4) is 11.8 Å². The lowest BCUT2D eigenvalue weighted by Crippen LogP contribution is -2.47. The largest absolute Gasteiger partial charge is 0.507 e. The van der Waals surface area contributed by atoms with Gasteiger partial charge in [-0.2, -0.15) is 5.26 Å². The van der Waals surface area contributed by atoms with Crippen LogP contribution in [-0.4, -0.2) is 29.3 Å². The van der Waals surface area contributed by atoms with Crippen LogP contribution in [0.15, 0.2) is 24.3 Å². The second-order valence-electron chi connectivity index (χ2n) is 7.77. The number of piperidine rings is 1. The maximum absolute atomic E-state index is 14.5. The van der Waals surface area contributed by atoms with Crippen molar-refractivity contribution in [2.24, 2.45) is 5.41 Å². The van der Waals surface area contributed by atoms with Crippen molar-refractivity contribution in [1.29, 1.82) is 5.26 Å². The summed E-state index contributed by atoms with van der Waals surface area (Å²) in [4.78, 5) is 2.08. The van der Waals surface area contributed by atoms with Crippen LogP contribution in [0.4, 0.5) is 4.39 Å². The van der Waals surface area contributed by atoms with E-state index in [1.54, 1.807) is 0 Å². The molecule has 0 radical (unpaired) electrons. The number of hydrogen-bond acceptors (Lipinski definition) is 3. The van der Waals surface area contributed by atoms with Crippen molar-refractivity contribution >= 4 is 5.57 Å². The molecule has 1 heterocycles. The first-order valence-electron chi connectivity index (χ1n) is 9.26. The third-order valence-electron chi connectivity index (χ3n) is 5.76. The molecule has 2 aliphatic rings. The topological polar surface area (TPSA) is 47.3 Å². The van der Waals surface area contributed by atoms with Gasteiger partial charge in [-0.1, -0.05) is 25.1 Å². The first-order chi connectivity index (χ1) is 12.0. The lowest BCUT2D eigenvalue weighted by atomic mass is 9.76. The van der Waals surface area contributed by atoms with Crippen LogP contribution < -0.4 is 0 Å². The molecule has 1 N–H and O–H groups in total. The first kappa shape index (κ1) is 17.9. The van der Waals surface area contributed by atoms with E-state index < -0.39 is 11.6 Å². The second-order valence-corrected chi connectivity index (χ2v) is 7.77. The van der Waals surface area contributed by atoms with E-state index in [-0.39, 0.29) is 6.42 Å². The fraction of sp³-hybridized carbons (Fsp3) is 0.571. The highest BCUT2D eigenvalue weighted by atomic mass is 19.1. The van der Waals surface area contributed by atoms with Crippen LogP contribution in [0.3, 0.4) is 0 Å². The predicted octanol–water partition coefficient (Wildman–Crippen LogP) is 4.81. The van der Waals surface area contributed by atoms with Crippen LogP contribution in [0.1, 0.15) is 56.6 Å². The molecule has 1 unspecified atom stereocenters. The summed E-state index contributed by atoms with van der Waals surface area (Å²) in [5.41, 5.74) is 2.66. The first-order valence-corrected chi connectivity index (χ1v) is 9.26. The van der Waals surface area contributed by atoms with Gasteiger partial charge in [-0.3, -0.25) is 4.90 Å². The fourth-order valence-corrected chi connectivity index (χ4v) is 3.92. The van der Waals surface area contributed by atoms with Crippen molar-refractivity contribution in [1.82, 2.24) is 4.90 Å². The Morgan fingerprint density at radius 2 is 2.24 bits per heavy atom. The molecule has 134 valence electrons. The van der Waals surface area contributed by atoms with E-state index in [4.69, 9.17) is 5.26 Å². The molecule has 1 aliphatic heterocycles. The quantitative estimate of drug-likeness (QED) is 0.854. The van der Waals surface area contributed by atoms with Crippen LogP contribution in [0.25, 0.3) is 5.57 Å². The van der Waals surface area contributed by atoms with Crippen LogP contribution in [0.2, 0.25) is 0 Å². The molecular weight excluding hydrogens is 315 g/mol. The van der Waals surface area contributed by atoms with Crippen molar-refractivity contribution in [3.05, 3.63) is 35.4 Å². The highest BCUT2D eigenvalue weighted by Gasteiger charge is 2.39. The molecule has 1 aromatic rings. The van der Waals surface area contributed by atoms with Gasteiger partial charge in [0.2, 0.25) is 0 Å². The Balaban J connectivity index is 1.65. The van der Waals surface area contributed by atoms with Gasteiger partial charge >= 0.3 is 0 Å². The molecule has 0 saturated carbocycles. The molecule has 0 spiro atoms. The number of aromatic hydroxyl groups is 1. The lowest BCUT2D eigenvalue weighted by molar-refractivity contribution is 0.0186. The van der Waals surface area contributed by atoms with E-state index in [0.717, 1.165) is 30.5 Å². The Morgan fingerprint density at radius 3 is 2.88 bits per heavy atom. The van der Waals surface area contributed by atoms with Crippen LogP contribution in [0.5, 0.6) is 5.75 Å². The summed E-state index contributed by atoms with van der Waals surface area (Å²) >= 11 is 0. The maximum atomic E-state index is 14.5. The van der Waals surface area contributed by atoms with Crippen LogP contribution in [-0.2, 0) is 6.54 Å². The fourth-order valence-electron chi connectivity index (χ4n) is 3.92. The van der Waals surface area contributed by atoms with Crippen LogP contribution >= 0.6 is 0 Å². The zero-order valence-electron chi connectivity index (χ0n) is 15.0. The number of allylic oxidation sites excluding steroid dienone is 2. The van der Waals surface area contributed by atoms with Gasteiger partial charge in [0.15, 0.2) is 0 Å². The van der Waals surface area contributed by atoms with Crippen molar-refractivity contribution in [2.75, 3.05) is 13.1 Å². The molecule has 2 atom stereocenters. The Labute approximate surface area is 149 Å². The summed E-state index contributed by atoms with van der Waals surface area (Å²) in [7, 11) is 0. The van der Waals surface area contributed by atoms with Gasteiger partial charge in [0.25, 0.3) is 0 Å². The molecular formula is C21H27FN2O. The smallest absolute Gasteiger partial charge is 0.123 e. The number of benzene rings is 1. The standard InChI is InChI=1S/C21H27FN2O/c1-21(9-11-23)10-12-24(15-20(21)22)14-16-7-8-18(19(25)13-16)17-5-3-2-4-6-17/h5,7-8,13,20,25H,2-4,6,9-10,12,14-15H2,1H3/t20?,21-/m1/s1. The van der Waals surface area contributed by atoms with E-state index in [9.17, 15) is 9.50 Å². The molecule has 25 heavy (non-hydrogen) atoms. The van der Waals surface area contributed by atoms with Gasteiger partial charge in [-0.25, -0.2) is 4.39 Å². The van der Waals surface area contributed by atoms with Gasteiger partial charge in [0.1, 0.15) is 11.9 Å². The molecule has 1 aliphatic carbocycles. The monoisotopic (exact) mass is 342 g/mol.